The van der Waals surface area contributed by atoms with Crippen LogP contribution in [0.1, 0.15) is 68.0 Å². The largest absolute Gasteiger partial charge is 0.0750 e. The van der Waals surface area contributed by atoms with Crippen molar-refractivity contribution in [2.75, 3.05) is 0 Å². The Morgan fingerprint density at radius 3 is 1.25 bits per heavy atom. The van der Waals surface area contributed by atoms with Crippen LogP contribution in [-0.2, 0) is 17.3 Å². The molecule has 1 atom stereocenters. The molecule has 0 saturated heterocycles. The van der Waals surface area contributed by atoms with E-state index in [0.29, 0.717) is 0 Å². The average molecular weight is 775 g/mol. The molecule has 0 aliphatic heterocycles. The van der Waals surface area contributed by atoms with Crippen LogP contribution in [0, 0.1) is 0 Å². The Morgan fingerprint density at radius 2 is 0.733 bits per heavy atom. The molecule has 0 aromatic heterocycles. The molecule has 294 valence electrons. The molecule has 0 radical (unpaired) electrons. The molecule has 1 aliphatic rings. The van der Waals surface area contributed by atoms with Gasteiger partial charge in [-0.05, 0) is 101 Å². The van der Waals surface area contributed by atoms with Crippen LogP contribution < -0.4 is 0 Å². The summed E-state index contributed by atoms with van der Waals surface area (Å²) < 4.78 is 0. The van der Waals surface area contributed by atoms with Gasteiger partial charge in [0.15, 0.2) is 0 Å². The highest BCUT2D eigenvalue weighted by atomic mass is 14.4. The van der Waals surface area contributed by atoms with Crippen LogP contribution in [0.2, 0.25) is 0 Å². The molecule has 0 fully saturated rings. The maximum atomic E-state index is 2.42. The van der Waals surface area contributed by atoms with Gasteiger partial charge in [0.25, 0.3) is 0 Å². The zero-order valence-corrected chi connectivity index (χ0v) is 35.6. The summed E-state index contributed by atoms with van der Waals surface area (Å²) in [4.78, 5) is 0. The fourth-order valence-corrected chi connectivity index (χ4v) is 9.05. The Kier molecular flexibility index (Phi) is 11.8. The van der Waals surface area contributed by atoms with Gasteiger partial charge in [0.2, 0.25) is 0 Å². The smallest absolute Gasteiger partial charge is 0.0426 e. The number of hydrogen-bond donors (Lipinski definition) is 0. The topological polar surface area (TPSA) is 0 Å². The van der Waals surface area contributed by atoms with Gasteiger partial charge in [0.1, 0.15) is 0 Å². The Hall–Kier alpha value is -6.76. The number of rotatable bonds is 5. The van der Waals surface area contributed by atoms with Gasteiger partial charge in [-0.3, -0.25) is 0 Å². The molecule has 11 rings (SSSR count). The lowest BCUT2D eigenvalue weighted by atomic mass is 9.69. The van der Waals surface area contributed by atoms with Gasteiger partial charge in [0.05, 0.1) is 0 Å². The maximum Gasteiger partial charge on any atom is 0.0426 e. The van der Waals surface area contributed by atoms with Crippen LogP contribution in [-0.4, -0.2) is 0 Å². The fourth-order valence-electron chi connectivity index (χ4n) is 9.05. The minimum absolute atomic E-state index is 0.0858. The molecule has 1 unspecified atom stereocenters. The monoisotopic (exact) mass is 774 g/mol. The van der Waals surface area contributed by atoms with Gasteiger partial charge in [-0.1, -0.05) is 246 Å². The van der Waals surface area contributed by atoms with Crippen LogP contribution >= 0.6 is 0 Å². The van der Waals surface area contributed by atoms with Crippen molar-refractivity contribution >= 4 is 48.7 Å². The number of hydrogen-bond acceptors (Lipinski definition) is 0. The van der Waals surface area contributed by atoms with Crippen LogP contribution in [0.25, 0.3) is 48.7 Å². The summed E-state index contributed by atoms with van der Waals surface area (Å²) in [7, 11) is 0. The van der Waals surface area contributed by atoms with Gasteiger partial charge in [-0.25, -0.2) is 0 Å². The van der Waals surface area contributed by atoms with Crippen molar-refractivity contribution in [3.63, 3.8) is 0 Å². The van der Waals surface area contributed by atoms with Crippen molar-refractivity contribution < 1.29 is 0 Å². The van der Waals surface area contributed by atoms with Crippen LogP contribution in [0.3, 0.4) is 0 Å². The molecular weight excluding hydrogens is 721 g/mol. The Morgan fingerprint density at radius 1 is 0.333 bits per heavy atom. The van der Waals surface area contributed by atoms with Gasteiger partial charge in [-0.15, -0.1) is 0 Å². The van der Waals surface area contributed by atoms with E-state index in [1.165, 1.54) is 82.0 Å². The van der Waals surface area contributed by atoms with E-state index >= 15 is 0 Å². The van der Waals surface area contributed by atoms with Gasteiger partial charge in [-0.2, -0.15) is 0 Å². The Bertz CT molecular complexity index is 2820. The molecule has 0 spiro atoms. The highest BCUT2D eigenvalue weighted by Crippen LogP contribution is 2.48. The van der Waals surface area contributed by atoms with Crippen molar-refractivity contribution in [2.24, 2.45) is 0 Å². The summed E-state index contributed by atoms with van der Waals surface area (Å²) in [6.07, 6.45) is 3.44. The van der Waals surface area contributed by atoms with Crippen LogP contribution in [0.4, 0.5) is 0 Å². The molecule has 0 heterocycles. The zero-order chi connectivity index (χ0) is 41.5. The maximum absolute atomic E-state index is 2.42. The highest BCUT2D eigenvalue weighted by Gasteiger charge is 2.36. The lowest BCUT2D eigenvalue weighted by molar-refractivity contribution is 0.641. The van der Waals surface area contributed by atoms with E-state index in [1.54, 1.807) is 0 Å². The standard InChI is InChI=1S/C27H22.C16H10.C15H16.C2H6/c1-27(23-12-3-2-4-13-23,26-18-16-21-10-7-8-14-25(21)26)24-17-15-20-9-5-6-11-22(20)19-24;1-3-11-7-9-13-5-2-6-14-10-8-12(4-1)15(11)16(13)14;1-15(2,13-9-5-3-6-10-13)14-11-7-4-8-12-14;1-2/h2-15,17-19H,16H2,1H3;1-10H;3-12H,1-2H3;1-2H3. The highest BCUT2D eigenvalue weighted by molar-refractivity contribution is 6.22. The van der Waals surface area contributed by atoms with Gasteiger partial charge in [0, 0.05) is 10.8 Å². The van der Waals surface area contributed by atoms with Crippen LogP contribution in [0.15, 0.2) is 224 Å². The first-order chi connectivity index (χ1) is 29.4. The summed E-state index contributed by atoms with van der Waals surface area (Å²) in [6, 6.07) is 78.4. The third-order valence-corrected chi connectivity index (χ3v) is 12.4. The first-order valence-corrected chi connectivity index (χ1v) is 21.5. The molecule has 0 nitrogen and oxygen atoms in total. The molecule has 0 bridgehead atoms. The lowest BCUT2D eigenvalue weighted by Crippen LogP contribution is -2.25. The van der Waals surface area contributed by atoms with Crippen LogP contribution in [0.5, 0.6) is 0 Å². The second kappa shape index (κ2) is 17.6. The van der Waals surface area contributed by atoms with Gasteiger partial charge < -0.3 is 0 Å². The minimum atomic E-state index is -0.183. The predicted octanol–water partition coefficient (Wildman–Crippen LogP) is 16.4. The predicted molar refractivity (Wildman–Crippen MR) is 261 cm³/mol. The van der Waals surface area contributed by atoms with E-state index in [9.17, 15) is 0 Å². The van der Waals surface area contributed by atoms with Crippen molar-refractivity contribution in [3.05, 3.63) is 258 Å². The first-order valence-electron chi connectivity index (χ1n) is 21.5. The zero-order valence-electron chi connectivity index (χ0n) is 35.6. The van der Waals surface area contributed by atoms with E-state index in [-0.39, 0.29) is 10.8 Å². The fraction of sp³-hybridized carbons (Fsp3) is 0.133. The summed E-state index contributed by atoms with van der Waals surface area (Å²) in [5, 5.41) is 10.7. The second-order valence-electron chi connectivity index (χ2n) is 16.2. The Balaban J connectivity index is 0.000000130. The molecule has 10 aromatic carbocycles. The summed E-state index contributed by atoms with van der Waals surface area (Å²) in [5.74, 6) is 0. The molecular formula is C60H54. The van der Waals surface area contributed by atoms with Crippen molar-refractivity contribution in [3.8, 4) is 0 Å². The number of fused-ring (bicyclic) bond motifs is 2. The van der Waals surface area contributed by atoms with Crippen molar-refractivity contribution in [1.82, 2.24) is 0 Å². The summed E-state index contributed by atoms with van der Waals surface area (Å²) in [5.41, 5.74) is 9.53. The third-order valence-electron chi connectivity index (χ3n) is 12.4. The quantitative estimate of drug-likeness (QED) is 0.153. The van der Waals surface area contributed by atoms with Crippen molar-refractivity contribution in [2.45, 2.75) is 51.9 Å². The van der Waals surface area contributed by atoms with E-state index in [0.717, 1.165) is 6.42 Å². The minimum Gasteiger partial charge on any atom is -0.0750 e. The Labute approximate surface area is 356 Å². The van der Waals surface area contributed by atoms with E-state index in [2.05, 4.69) is 245 Å². The van der Waals surface area contributed by atoms with E-state index < -0.39 is 0 Å². The molecule has 0 amide bonds. The number of benzene rings is 10. The molecule has 0 heteroatoms. The number of allylic oxidation sites excluding steroid dienone is 2. The second-order valence-corrected chi connectivity index (χ2v) is 16.2. The molecule has 0 saturated carbocycles. The SMILES string of the molecule is CC.CC(C)(c1ccccc1)c1ccccc1.CC(C1=CCc2ccccc21)(c1ccccc1)c1ccc2ccccc2c1.c1cc2ccc3cccc4ccc(c1)c2c34. The lowest BCUT2D eigenvalue weighted by Gasteiger charge is -2.34. The summed E-state index contributed by atoms with van der Waals surface area (Å²) in [6.45, 7) is 10.9. The molecule has 60 heavy (non-hydrogen) atoms. The average Bonchev–Trinajstić information content (AvgIpc) is 3.77. The third kappa shape index (κ3) is 7.74. The normalized spacial score (nSPS) is 12.9. The summed E-state index contributed by atoms with van der Waals surface area (Å²) >= 11 is 0. The first kappa shape index (κ1) is 40.0. The van der Waals surface area contributed by atoms with E-state index in [1.807, 2.05) is 13.8 Å². The molecule has 0 N–H and O–H groups in total. The van der Waals surface area contributed by atoms with E-state index in [4.69, 9.17) is 0 Å². The van der Waals surface area contributed by atoms with Crippen molar-refractivity contribution in [1.29, 1.82) is 0 Å². The molecule has 1 aliphatic carbocycles. The molecule has 10 aromatic rings. The van der Waals surface area contributed by atoms with Gasteiger partial charge >= 0.3 is 0 Å².